The van der Waals surface area contributed by atoms with E-state index in [1.165, 1.54) is 12.8 Å². The van der Waals surface area contributed by atoms with Crippen LogP contribution in [0.5, 0.6) is 0 Å². The number of benzene rings is 1. The molecule has 0 saturated heterocycles. The second-order valence-corrected chi connectivity index (χ2v) is 4.21. The summed E-state index contributed by atoms with van der Waals surface area (Å²) in [6, 6.07) is 7.64. The van der Waals surface area contributed by atoms with Gasteiger partial charge in [0.05, 0.1) is 11.7 Å². The molecule has 0 radical (unpaired) electrons. The molecule has 1 atom stereocenters. The van der Waals surface area contributed by atoms with Crippen molar-refractivity contribution in [3.05, 3.63) is 29.8 Å². The summed E-state index contributed by atoms with van der Waals surface area (Å²) in [4.78, 5) is 11.8. The highest BCUT2D eigenvalue weighted by atomic mass is 16.2. The first-order valence-corrected chi connectivity index (χ1v) is 5.97. The monoisotopic (exact) mass is 218 g/mol. The van der Waals surface area contributed by atoms with Crippen LogP contribution in [-0.2, 0) is 0 Å². The largest absolute Gasteiger partial charge is 0.365 e. The number of hydrogen-bond acceptors (Lipinski definition) is 2. The minimum atomic E-state index is 0.0378. The van der Waals surface area contributed by atoms with Crippen LogP contribution in [0, 0.1) is 0 Å². The van der Waals surface area contributed by atoms with Gasteiger partial charge in [0.15, 0.2) is 0 Å². The molecule has 1 aromatic rings. The van der Waals surface area contributed by atoms with Crippen LogP contribution < -0.4 is 10.6 Å². The highest BCUT2D eigenvalue weighted by molar-refractivity contribution is 6.01. The molecule has 1 heterocycles. The summed E-state index contributed by atoms with van der Waals surface area (Å²) in [5.41, 5.74) is 1.70. The average molecular weight is 218 g/mol. The van der Waals surface area contributed by atoms with Gasteiger partial charge in [-0.3, -0.25) is 4.79 Å². The first kappa shape index (κ1) is 11.0. The molecule has 86 valence electrons. The van der Waals surface area contributed by atoms with Crippen LogP contribution in [0.3, 0.4) is 0 Å². The lowest BCUT2D eigenvalue weighted by molar-refractivity contribution is 0.0933. The van der Waals surface area contributed by atoms with Crippen molar-refractivity contribution in [2.75, 3.05) is 5.32 Å². The topological polar surface area (TPSA) is 41.1 Å². The van der Waals surface area contributed by atoms with Gasteiger partial charge in [0.25, 0.3) is 5.91 Å². The van der Waals surface area contributed by atoms with Crippen LogP contribution in [0.25, 0.3) is 0 Å². The third kappa shape index (κ3) is 2.35. The van der Waals surface area contributed by atoms with E-state index in [-0.39, 0.29) is 12.1 Å². The fraction of sp³-hybridized carbons (Fsp3) is 0.462. The lowest BCUT2D eigenvalue weighted by Crippen LogP contribution is -2.44. The number of anilines is 1. The van der Waals surface area contributed by atoms with Crippen molar-refractivity contribution in [1.82, 2.24) is 5.32 Å². The summed E-state index contributed by atoms with van der Waals surface area (Å²) in [7, 11) is 0. The number of carbonyl (C=O) groups excluding carboxylic acids is 1. The van der Waals surface area contributed by atoms with Crippen LogP contribution >= 0.6 is 0 Å². The van der Waals surface area contributed by atoms with Gasteiger partial charge in [-0.25, -0.2) is 0 Å². The molecule has 2 N–H and O–H groups in total. The van der Waals surface area contributed by atoms with Crippen molar-refractivity contribution in [1.29, 1.82) is 0 Å². The summed E-state index contributed by atoms with van der Waals surface area (Å²) in [5.74, 6) is 0.0378. The molecule has 3 nitrogen and oxygen atoms in total. The van der Waals surface area contributed by atoms with Gasteiger partial charge in [-0.1, -0.05) is 31.9 Å². The van der Waals surface area contributed by atoms with Crippen LogP contribution in [0.4, 0.5) is 5.69 Å². The quantitative estimate of drug-likeness (QED) is 0.763. The Morgan fingerprint density at radius 1 is 1.19 bits per heavy atom. The number of nitrogens with one attached hydrogen (secondary N) is 2. The average Bonchev–Trinajstić information content (AvgIpc) is 2.30. The smallest absolute Gasteiger partial charge is 0.254 e. The summed E-state index contributed by atoms with van der Waals surface area (Å²) in [6.07, 6.45) is 4.66. The maximum Gasteiger partial charge on any atom is 0.254 e. The number of rotatable bonds is 4. The van der Waals surface area contributed by atoms with E-state index in [2.05, 4.69) is 17.6 Å². The van der Waals surface area contributed by atoms with E-state index in [0.717, 1.165) is 24.1 Å². The molecule has 0 bridgehead atoms. The van der Waals surface area contributed by atoms with E-state index in [1.807, 2.05) is 24.3 Å². The number of para-hydroxylation sites is 1. The van der Waals surface area contributed by atoms with Crippen molar-refractivity contribution >= 4 is 11.6 Å². The summed E-state index contributed by atoms with van der Waals surface area (Å²) in [5, 5.41) is 6.34. The molecule has 1 aliphatic rings. The van der Waals surface area contributed by atoms with E-state index in [1.54, 1.807) is 0 Å². The third-order valence-corrected chi connectivity index (χ3v) is 2.90. The second-order valence-electron chi connectivity index (χ2n) is 4.21. The zero-order valence-corrected chi connectivity index (χ0v) is 9.62. The Morgan fingerprint density at radius 3 is 2.81 bits per heavy atom. The molecular formula is C13H18N2O. The standard InChI is InChI=1S/C13H18N2O/c1-2-3-4-9-12-14-11-8-6-5-7-10(11)13(16)15-12/h5-8,12,14H,2-4,9H2,1H3,(H,15,16). The van der Waals surface area contributed by atoms with E-state index in [9.17, 15) is 4.79 Å². The normalized spacial score (nSPS) is 18.6. The predicted octanol–water partition coefficient (Wildman–Crippen LogP) is 2.75. The van der Waals surface area contributed by atoms with Gasteiger partial charge < -0.3 is 10.6 Å². The van der Waals surface area contributed by atoms with Crippen LogP contribution in [-0.4, -0.2) is 12.1 Å². The lowest BCUT2D eigenvalue weighted by atomic mass is 10.1. The molecule has 1 aliphatic heterocycles. The molecule has 0 spiro atoms. The molecule has 0 fully saturated rings. The second kappa shape index (κ2) is 5.01. The van der Waals surface area contributed by atoms with Gasteiger partial charge in [-0.15, -0.1) is 0 Å². The first-order valence-electron chi connectivity index (χ1n) is 5.97. The molecule has 0 aromatic heterocycles. The third-order valence-electron chi connectivity index (χ3n) is 2.90. The van der Waals surface area contributed by atoms with Crippen molar-refractivity contribution < 1.29 is 4.79 Å². The minimum absolute atomic E-state index is 0.0378. The van der Waals surface area contributed by atoms with Crippen LogP contribution in [0.2, 0.25) is 0 Å². The Balaban J connectivity index is 2.01. The minimum Gasteiger partial charge on any atom is -0.365 e. The van der Waals surface area contributed by atoms with Crippen molar-refractivity contribution in [2.24, 2.45) is 0 Å². The van der Waals surface area contributed by atoms with Crippen LogP contribution in [0.1, 0.15) is 43.0 Å². The van der Waals surface area contributed by atoms with E-state index >= 15 is 0 Å². The van der Waals surface area contributed by atoms with Crippen LogP contribution in [0.15, 0.2) is 24.3 Å². The number of fused-ring (bicyclic) bond motifs is 1. The Morgan fingerprint density at radius 2 is 2.00 bits per heavy atom. The Hall–Kier alpha value is -1.51. The molecule has 1 amide bonds. The van der Waals surface area contributed by atoms with Gasteiger partial charge in [0.2, 0.25) is 0 Å². The molecule has 0 aliphatic carbocycles. The lowest BCUT2D eigenvalue weighted by Gasteiger charge is -2.27. The van der Waals surface area contributed by atoms with Crippen molar-refractivity contribution in [2.45, 2.75) is 38.8 Å². The van der Waals surface area contributed by atoms with E-state index < -0.39 is 0 Å². The zero-order chi connectivity index (χ0) is 11.4. The highest BCUT2D eigenvalue weighted by Crippen LogP contribution is 2.21. The van der Waals surface area contributed by atoms with Crippen molar-refractivity contribution in [3.63, 3.8) is 0 Å². The number of carbonyl (C=O) groups is 1. The fourth-order valence-corrected chi connectivity index (χ4v) is 2.01. The molecule has 16 heavy (non-hydrogen) atoms. The maximum absolute atomic E-state index is 11.8. The predicted molar refractivity (Wildman–Crippen MR) is 65.5 cm³/mol. The SMILES string of the molecule is CCCCCC1NC(=O)c2ccccc2N1. The molecular weight excluding hydrogens is 200 g/mol. The number of amides is 1. The van der Waals surface area contributed by atoms with E-state index in [4.69, 9.17) is 0 Å². The molecule has 1 aromatic carbocycles. The summed E-state index contributed by atoms with van der Waals surface area (Å²) in [6.45, 7) is 2.18. The Bertz CT molecular complexity index is 376. The van der Waals surface area contributed by atoms with Gasteiger partial charge in [-0.05, 0) is 25.0 Å². The Kier molecular flexibility index (Phi) is 3.44. The molecule has 3 heteroatoms. The molecule has 0 saturated carbocycles. The zero-order valence-electron chi connectivity index (χ0n) is 9.62. The maximum atomic E-state index is 11.8. The Labute approximate surface area is 96.2 Å². The fourth-order valence-electron chi connectivity index (χ4n) is 2.01. The number of unbranched alkanes of at least 4 members (excludes halogenated alkanes) is 2. The highest BCUT2D eigenvalue weighted by Gasteiger charge is 2.21. The first-order chi connectivity index (χ1) is 7.81. The number of hydrogen-bond donors (Lipinski definition) is 2. The van der Waals surface area contributed by atoms with Gasteiger partial charge in [-0.2, -0.15) is 0 Å². The van der Waals surface area contributed by atoms with Gasteiger partial charge in [0, 0.05) is 5.69 Å². The molecule has 1 unspecified atom stereocenters. The summed E-state index contributed by atoms with van der Waals surface area (Å²) < 4.78 is 0. The van der Waals surface area contributed by atoms with Gasteiger partial charge >= 0.3 is 0 Å². The molecule has 2 rings (SSSR count). The van der Waals surface area contributed by atoms with E-state index in [0.29, 0.717) is 0 Å². The summed E-state index contributed by atoms with van der Waals surface area (Å²) >= 11 is 0. The van der Waals surface area contributed by atoms with Gasteiger partial charge in [0.1, 0.15) is 0 Å². The van der Waals surface area contributed by atoms with Crippen molar-refractivity contribution in [3.8, 4) is 0 Å².